The summed E-state index contributed by atoms with van der Waals surface area (Å²) >= 11 is 0. The maximum atomic E-state index is 4.70. The van der Waals surface area contributed by atoms with Crippen molar-refractivity contribution in [3.05, 3.63) is 125 Å². The van der Waals surface area contributed by atoms with Gasteiger partial charge in [-0.1, -0.05) is 128 Å². The Morgan fingerprint density at radius 1 is 0.610 bits per heavy atom. The number of aromatic nitrogens is 2. The normalized spacial score (nSPS) is 11.1. The van der Waals surface area contributed by atoms with Crippen molar-refractivity contribution in [1.82, 2.24) is 9.55 Å². The lowest BCUT2D eigenvalue weighted by Crippen LogP contribution is -2.03. The molecular weight excluding hydrogens is 498 g/mol. The molecule has 1 aromatic heterocycles. The van der Waals surface area contributed by atoms with Gasteiger partial charge in [-0.15, -0.1) is 0 Å². The summed E-state index contributed by atoms with van der Waals surface area (Å²) in [6, 6.07) is 33.8. The van der Waals surface area contributed by atoms with Gasteiger partial charge in [0.2, 0.25) is 0 Å². The van der Waals surface area contributed by atoms with Crippen LogP contribution in [0, 0.1) is 6.92 Å². The van der Waals surface area contributed by atoms with Gasteiger partial charge in [-0.3, -0.25) is 9.56 Å². The van der Waals surface area contributed by atoms with Crippen molar-refractivity contribution < 1.29 is 0 Å². The predicted molar refractivity (Wildman–Crippen MR) is 181 cm³/mol. The van der Waals surface area contributed by atoms with Crippen LogP contribution in [0.1, 0.15) is 83.5 Å². The van der Waals surface area contributed by atoms with Crippen LogP contribution in [0.15, 0.2) is 102 Å². The standard InChI is InChI=1S/C16H15N.C14H10N2.4C2H6/c1-12-6-2-3-7-13(12)10-15-11-14-8-4-5-9-16(14)17-15;1-3-7-12-10(5-1)9-14-15-11-6-2-4-8-13(11)16(12)14;4*1-2/h2-9H,10-11H2,1H3;1-8H,9H2;4*1-2H3. The summed E-state index contributed by atoms with van der Waals surface area (Å²) in [5.74, 6) is 1.16. The minimum absolute atomic E-state index is 0.949. The molecule has 2 aliphatic heterocycles. The van der Waals surface area contributed by atoms with E-state index in [1.807, 2.05) is 61.5 Å². The highest BCUT2D eigenvalue weighted by Crippen LogP contribution is 2.31. The molecule has 41 heavy (non-hydrogen) atoms. The number of fused-ring (bicyclic) bond motifs is 6. The van der Waals surface area contributed by atoms with Crippen molar-refractivity contribution in [2.45, 2.75) is 81.6 Å². The van der Waals surface area contributed by atoms with E-state index < -0.39 is 0 Å². The lowest BCUT2D eigenvalue weighted by molar-refractivity contribution is 1.02. The maximum Gasteiger partial charge on any atom is 0.118 e. The molecule has 2 aliphatic rings. The Bertz CT molecular complexity index is 1510. The molecule has 0 N–H and O–H groups in total. The highest BCUT2D eigenvalue weighted by Gasteiger charge is 2.21. The molecule has 216 valence electrons. The molecule has 5 aromatic rings. The average Bonchev–Trinajstić information content (AvgIpc) is 3.74. The Morgan fingerprint density at radius 2 is 1.20 bits per heavy atom. The molecule has 0 bridgehead atoms. The fourth-order valence-electron chi connectivity index (χ4n) is 4.84. The molecular formula is C38H49N3. The Hall–Kier alpha value is -3.98. The molecule has 3 heterocycles. The van der Waals surface area contributed by atoms with Crippen LogP contribution in [0.25, 0.3) is 16.7 Å². The first-order valence-corrected chi connectivity index (χ1v) is 15.5. The van der Waals surface area contributed by atoms with Crippen molar-refractivity contribution in [3.8, 4) is 5.69 Å². The lowest BCUT2D eigenvalue weighted by Gasteiger charge is -2.04. The highest BCUT2D eigenvalue weighted by atomic mass is 15.1. The van der Waals surface area contributed by atoms with Gasteiger partial charge in [0, 0.05) is 25.0 Å². The Balaban J connectivity index is 0.000000232. The second-order valence-electron chi connectivity index (χ2n) is 8.74. The van der Waals surface area contributed by atoms with Crippen LogP contribution in [0.3, 0.4) is 0 Å². The summed E-state index contributed by atoms with van der Waals surface area (Å²) in [4.78, 5) is 9.38. The van der Waals surface area contributed by atoms with E-state index in [2.05, 4.69) is 107 Å². The molecule has 0 unspecified atom stereocenters. The van der Waals surface area contributed by atoms with Crippen LogP contribution in [0.5, 0.6) is 0 Å². The van der Waals surface area contributed by atoms with Gasteiger partial charge in [-0.25, -0.2) is 4.98 Å². The number of benzene rings is 4. The molecule has 0 radical (unpaired) electrons. The van der Waals surface area contributed by atoms with Crippen LogP contribution in [-0.2, 0) is 19.3 Å². The molecule has 3 nitrogen and oxygen atoms in total. The molecule has 0 saturated heterocycles. The second-order valence-corrected chi connectivity index (χ2v) is 8.74. The SMILES string of the molecule is CC.CC.CC.CC.Cc1ccccc1CC1=Nc2ccccc2C1.c1ccc2c(c1)Cc1nc3ccccc3n1-2. The van der Waals surface area contributed by atoms with Crippen molar-refractivity contribution in [1.29, 1.82) is 0 Å². The zero-order valence-corrected chi connectivity index (χ0v) is 26.7. The molecule has 0 amide bonds. The van der Waals surface area contributed by atoms with Gasteiger partial charge in [-0.05, 0) is 53.4 Å². The predicted octanol–water partition coefficient (Wildman–Crippen LogP) is 10.9. The summed E-state index contributed by atoms with van der Waals surface area (Å²) in [5.41, 5.74) is 11.5. The molecule has 0 saturated carbocycles. The van der Waals surface area contributed by atoms with Crippen molar-refractivity contribution in [2.75, 3.05) is 0 Å². The molecule has 0 fully saturated rings. The van der Waals surface area contributed by atoms with E-state index in [1.165, 1.54) is 39.2 Å². The molecule has 0 atom stereocenters. The van der Waals surface area contributed by atoms with Crippen LogP contribution >= 0.6 is 0 Å². The summed E-state index contributed by atoms with van der Waals surface area (Å²) in [7, 11) is 0. The number of hydrogen-bond donors (Lipinski definition) is 0. The summed E-state index contributed by atoms with van der Waals surface area (Å²) in [6.07, 6.45) is 2.93. The third-order valence-electron chi connectivity index (χ3n) is 6.53. The zero-order valence-electron chi connectivity index (χ0n) is 26.7. The molecule has 0 spiro atoms. The minimum atomic E-state index is 0.949. The number of aryl methyl sites for hydroxylation is 1. The first-order valence-electron chi connectivity index (χ1n) is 15.5. The van der Waals surface area contributed by atoms with Gasteiger partial charge < -0.3 is 0 Å². The second kappa shape index (κ2) is 17.7. The smallest absolute Gasteiger partial charge is 0.118 e. The first kappa shape index (κ1) is 33.2. The molecule has 0 aliphatic carbocycles. The molecule has 4 aromatic carbocycles. The third kappa shape index (κ3) is 8.04. The average molecular weight is 548 g/mol. The topological polar surface area (TPSA) is 30.2 Å². The van der Waals surface area contributed by atoms with Gasteiger partial charge in [0.25, 0.3) is 0 Å². The highest BCUT2D eigenvalue weighted by molar-refractivity contribution is 5.95. The largest absolute Gasteiger partial charge is 0.296 e. The summed E-state index contributed by atoms with van der Waals surface area (Å²) in [6.45, 7) is 18.2. The minimum Gasteiger partial charge on any atom is -0.296 e. The number of hydrogen-bond acceptors (Lipinski definition) is 2. The molecule has 3 heteroatoms. The number of aliphatic imine (C=N–C) groups is 1. The van der Waals surface area contributed by atoms with Gasteiger partial charge in [0.05, 0.1) is 22.4 Å². The van der Waals surface area contributed by atoms with E-state index >= 15 is 0 Å². The zero-order chi connectivity index (χ0) is 30.2. The quantitative estimate of drug-likeness (QED) is 0.212. The van der Waals surface area contributed by atoms with E-state index in [0.717, 1.165) is 36.3 Å². The van der Waals surface area contributed by atoms with Crippen molar-refractivity contribution in [3.63, 3.8) is 0 Å². The van der Waals surface area contributed by atoms with E-state index in [0.29, 0.717) is 0 Å². The summed E-state index contributed by atoms with van der Waals surface area (Å²) < 4.78 is 2.27. The summed E-state index contributed by atoms with van der Waals surface area (Å²) in [5, 5.41) is 0. The number of imidazole rings is 1. The van der Waals surface area contributed by atoms with Gasteiger partial charge >= 0.3 is 0 Å². The Kier molecular flexibility index (Phi) is 14.3. The van der Waals surface area contributed by atoms with Crippen molar-refractivity contribution in [2.24, 2.45) is 4.99 Å². The number of rotatable bonds is 2. The maximum absolute atomic E-state index is 4.70. The van der Waals surface area contributed by atoms with Gasteiger partial charge in [-0.2, -0.15) is 0 Å². The lowest BCUT2D eigenvalue weighted by atomic mass is 10.0. The number of para-hydroxylation sites is 4. The molecule has 7 rings (SSSR count). The fraction of sp³-hybridized carbons (Fsp3) is 0.316. The van der Waals surface area contributed by atoms with E-state index in [-0.39, 0.29) is 0 Å². The Labute approximate surface area is 249 Å². The van der Waals surface area contributed by atoms with Crippen LogP contribution in [0.4, 0.5) is 5.69 Å². The first-order chi connectivity index (χ1) is 20.3. The van der Waals surface area contributed by atoms with Gasteiger partial charge in [0.15, 0.2) is 0 Å². The van der Waals surface area contributed by atoms with Gasteiger partial charge in [0.1, 0.15) is 5.82 Å². The third-order valence-corrected chi connectivity index (χ3v) is 6.53. The van der Waals surface area contributed by atoms with Crippen LogP contribution in [0.2, 0.25) is 0 Å². The number of nitrogens with zero attached hydrogens (tertiary/aromatic N) is 3. The van der Waals surface area contributed by atoms with Crippen LogP contribution < -0.4 is 0 Å². The monoisotopic (exact) mass is 547 g/mol. The fourth-order valence-corrected chi connectivity index (χ4v) is 4.84. The van der Waals surface area contributed by atoms with E-state index in [9.17, 15) is 0 Å². The van der Waals surface area contributed by atoms with Crippen LogP contribution in [-0.4, -0.2) is 15.3 Å². The van der Waals surface area contributed by atoms with Crippen molar-refractivity contribution >= 4 is 22.4 Å². The van der Waals surface area contributed by atoms with E-state index in [1.54, 1.807) is 0 Å². The van der Waals surface area contributed by atoms with E-state index in [4.69, 9.17) is 4.99 Å². The Morgan fingerprint density at radius 3 is 1.90 bits per heavy atom.